The molecule has 4 rings (SSSR count). The third-order valence-electron chi connectivity index (χ3n) is 5.85. The van der Waals surface area contributed by atoms with Crippen LogP contribution in [0.1, 0.15) is 22.5 Å². The van der Waals surface area contributed by atoms with Crippen molar-refractivity contribution in [3.8, 4) is 0 Å². The van der Waals surface area contributed by atoms with Gasteiger partial charge in [0.1, 0.15) is 5.82 Å². The molecular formula is C25H32N6. The number of hydrogen-bond donors (Lipinski definition) is 1. The van der Waals surface area contributed by atoms with Crippen LogP contribution < -0.4 is 5.32 Å². The van der Waals surface area contributed by atoms with Gasteiger partial charge in [-0.3, -0.25) is 9.89 Å². The fraction of sp³-hybridized carbons (Fsp3) is 0.360. The average Bonchev–Trinajstić information content (AvgIpc) is 3.20. The van der Waals surface area contributed by atoms with E-state index < -0.39 is 0 Å². The molecule has 0 spiro atoms. The molecule has 0 bridgehead atoms. The molecule has 0 aliphatic carbocycles. The SMILES string of the molecule is CN=C(NCc1cccc(Cn2ccnc2C)c1)N1CCN(Cc2ccccc2)CC1. The number of hydrogen-bond acceptors (Lipinski definition) is 3. The van der Waals surface area contributed by atoms with E-state index in [1.54, 1.807) is 0 Å². The monoisotopic (exact) mass is 416 g/mol. The Balaban J connectivity index is 1.28. The molecule has 0 saturated carbocycles. The van der Waals surface area contributed by atoms with Crippen LogP contribution >= 0.6 is 0 Å². The smallest absolute Gasteiger partial charge is 0.194 e. The predicted octanol–water partition coefficient (Wildman–Crippen LogP) is 3.13. The van der Waals surface area contributed by atoms with Gasteiger partial charge in [0.2, 0.25) is 0 Å². The lowest BCUT2D eigenvalue weighted by molar-refractivity contribution is 0.172. The third kappa shape index (κ3) is 5.73. The van der Waals surface area contributed by atoms with E-state index in [1.807, 2.05) is 26.4 Å². The van der Waals surface area contributed by atoms with Gasteiger partial charge in [0.05, 0.1) is 0 Å². The molecule has 1 fully saturated rings. The number of nitrogens with zero attached hydrogens (tertiary/aromatic N) is 5. The van der Waals surface area contributed by atoms with Crippen molar-refractivity contribution in [2.75, 3.05) is 33.2 Å². The first-order valence-electron chi connectivity index (χ1n) is 11.0. The summed E-state index contributed by atoms with van der Waals surface area (Å²) in [5.74, 6) is 2.02. The summed E-state index contributed by atoms with van der Waals surface area (Å²) < 4.78 is 2.17. The van der Waals surface area contributed by atoms with Gasteiger partial charge in [-0.25, -0.2) is 4.98 Å². The second kappa shape index (κ2) is 10.3. The zero-order valence-corrected chi connectivity index (χ0v) is 18.5. The topological polar surface area (TPSA) is 48.7 Å². The first-order chi connectivity index (χ1) is 15.2. The van der Waals surface area contributed by atoms with Gasteiger partial charge in [-0.2, -0.15) is 0 Å². The van der Waals surface area contributed by atoms with Gasteiger partial charge in [-0.05, 0) is 23.6 Å². The summed E-state index contributed by atoms with van der Waals surface area (Å²) in [6.07, 6.45) is 3.88. The number of piperazine rings is 1. The van der Waals surface area contributed by atoms with E-state index in [0.29, 0.717) is 0 Å². The maximum Gasteiger partial charge on any atom is 0.194 e. The highest BCUT2D eigenvalue weighted by molar-refractivity contribution is 5.80. The first-order valence-corrected chi connectivity index (χ1v) is 11.0. The molecule has 0 amide bonds. The zero-order valence-electron chi connectivity index (χ0n) is 18.5. The van der Waals surface area contributed by atoms with Crippen molar-refractivity contribution in [2.24, 2.45) is 4.99 Å². The first kappa shape index (κ1) is 21.1. The van der Waals surface area contributed by atoms with Crippen LogP contribution in [0.2, 0.25) is 0 Å². The normalized spacial score (nSPS) is 15.3. The Morgan fingerprint density at radius 3 is 2.39 bits per heavy atom. The summed E-state index contributed by atoms with van der Waals surface area (Å²) in [6, 6.07) is 19.4. The lowest BCUT2D eigenvalue weighted by Crippen LogP contribution is -2.52. The quantitative estimate of drug-likeness (QED) is 0.495. The largest absolute Gasteiger partial charge is 0.352 e. The highest BCUT2D eigenvalue weighted by Crippen LogP contribution is 2.11. The Labute approximate surface area is 185 Å². The highest BCUT2D eigenvalue weighted by atomic mass is 15.3. The summed E-state index contributed by atoms with van der Waals surface area (Å²) in [7, 11) is 1.87. The van der Waals surface area contributed by atoms with Crippen molar-refractivity contribution >= 4 is 5.96 Å². The van der Waals surface area contributed by atoms with Crippen LogP contribution in [0.25, 0.3) is 0 Å². The van der Waals surface area contributed by atoms with Crippen LogP contribution in [0.4, 0.5) is 0 Å². The Morgan fingerprint density at radius 1 is 0.935 bits per heavy atom. The van der Waals surface area contributed by atoms with Crippen LogP contribution in [0.5, 0.6) is 0 Å². The molecule has 2 aromatic carbocycles. The molecular weight excluding hydrogens is 384 g/mol. The van der Waals surface area contributed by atoms with Gasteiger partial charge in [0.15, 0.2) is 5.96 Å². The molecule has 0 atom stereocenters. The average molecular weight is 417 g/mol. The maximum absolute atomic E-state index is 4.53. The van der Waals surface area contributed by atoms with E-state index in [4.69, 9.17) is 0 Å². The van der Waals surface area contributed by atoms with Crippen molar-refractivity contribution in [2.45, 2.75) is 26.6 Å². The van der Waals surface area contributed by atoms with Crippen molar-refractivity contribution in [1.82, 2.24) is 24.7 Å². The van der Waals surface area contributed by atoms with E-state index >= 15 is 0 Å². The van der Waals surface area contributed by atoms with Crippen LogP contribution in [-0.2, 0) is 19.6 Å². The Bertz CT molecular complexity index is 986. The Hall–Kier alpha value is -3.12. The van der Waals surface area contributed by atoms with Crippen LogP contribution in [0.3, 0.4) is 0 Å². The van der Waals surface area contributed by atoms with Crippen LogP contribution in [-0.4, -0.2) is 58.5 Å². The molecule has 1 aromatic heterocycles. The molecule has 6 heteroatoms. The lowest BCUT2D eigenvalue weighted by Gasteiger charge is -2.36. The number of rotatable bonds is 6. The summed E-state index contributed by atoms with van der Waals surface area (Å²) in [4.78, 5) is 13.7. The Morgan fingerprint density at radius 2 is 1.68 bits per heavy atom. The minimum Gasteiger partial charge on any atom is -0.352 e. The van der Waals surface area contributed by atoms with Gasteiger partial charge in [0.25, 0.3) is 0 Å². The summed E-state index contributed by atoms with van der Waals surface area (Å²) in [5, 5.41) is 3.56. The molecule has 1 aliphatic heterocycles. The van der Waals surface area contributed by atoms with Crippen molar-refractivity contribution in [1.29, 1.82) is 0 Å². The summed E-state index contributed by atoms with van der Waals surface area (Å²) >= 11 is 0. The van der Waals surface area contributed by atoms with Crippen molar-refractivity contribution < 1.29 is 0 Å². The van der Waals surface area contributed by atoms with Gasteiger partial charge >= 0.3 is 0 Å². The number of benzene rings is 2. The van der Waals surface area contributed by atoms with Gasteiger partial charge in [0, 0.05) is 65.3 Å². The number of imidazole rings is 1. The molecule has 1 aliphatic rings. The fourth-order valence-corrected chi connectivity index (χ4v) is 4.08. The molecule has 3 aromatic rings. The standard InChI is InChI=1S/C25H32N6/c1-21-27-11-12-31(21)20-24-10-6-9-23(17-24)18-28-25(26-2)30-15-13-29(14-16-30)19-22-7-4-3-5-8-22/h3-12,17H,13-16,18-20H2,1-2H3,(H,26,28). The van der Waals surface area contributed by atoms with Crippen molar-refractivity contribution in [3.05, 3.63) is 89.5 Å². The van der Waals surface area contributed by atoms with Crippen molar-refractivity contribution in [3.63, 3.8) is 0 Å². The fourth-order valence-electron chi connectivity index (χ4n) is 4.08. The lowest BCUT2D eigenvalue weighted by atomic mass is 10.1. The molecule has 0 unspecified atom stereocenters. The second-order valence-corrected chi connectivity index (χ2v) is 8.07. The number of nitrogens with one attached hydrogen (secondary N) is 1. The number of aryl methyl sites for hydroxylation is 1. The zero-order chi connectivity index (χ0) is 21.5. The minimum absolute atomic E-state index is 0.771. The number of guanidine groups is 1. The van der Waals surface area contributed by atoms with Gasteiger partial charge in [-0.1, -0.05) is 54.6 Å². The molecule has 31 heavy (non-hydrogen) atoms. The molecule has 162 valence electrons. The maximum atomic E-state index is 4.53. The summed E-state index contributed by atoms with van der Waals surface area (Å²) in [6.45, 7) is 8.76. The van der Waals surface area contributed by atoms with Crippen LogP contribution in [0, 0.1) is 6.92 Å². The molecule has 1 N–H and O–H groups in total. The number of aromatic nitrogens is 2. The number of aliphatic imine (C=N–C) groups is 1. The van der Waals surface area contributed by atoms with E-state index in [-0.39, 0.29) is 0 Å². The highest BCUT2D eigenvalue weighted by Gasteiger charge is 2.19. The molecule has 1 saturated heterocycles. The third-order valence-corrected chi connectivity index (χ3v) is 5.85. The van der Waals surface area contributed by atoms with Crippen LogP contribution in [0.15, 0.2) is 72.0 Å². The van der Waals surface area contributed by atoms with E-state index in [1.165, 1.54) is 16.7 Å². The molecule has 2 heterocycles. The molecule has 6 nitrogen and oxygen atoms in total. The Kier molecular flexibility index (Phi) is 6.99. The van der Waals surface area contributed by atoms with E-state index in [9.17, 15) is 0 Å². The predicted molar refractivity (Wildman–Crippen MR) is 126 cm³/mol. The molecule has 0 radical (unpaired) electrons. The van der Waals surface area contributed by atoms with Gasteiger partial charge < -0.3 is 14.8 Å². The van der Waals surface area contributed by atoms with Gasteiger partial charge in [-0.15, -0.1) is 0 Å². The van der Waals surface area contributed by atoms with E-state index in [2.05, 4.69) is 84.3 Å². The summed E-state index contributed by atoms with van der Waals surface area (Å²) in [5.41, 5.74) is 3.92. The minimum atomic E-state index is 0.771. The van der Waals surface area contributed by atoms with E-state index in [0.717, 1.165) is 57.6 Å². The second-order valence-electron chi connectivity index (χ2n) is 8.07.